The van der Waals surface area contributed by atoms with E-state index in [-0.39, 0.29) is 12.5 Å². The molecule has 0 saturated carbocycles. The molecule has 0 bridgehead atoms. The number of carbonyl (C=O) groups is 2. The molecule has 1 heterocycles. The molecule has 1 aromatic carbocycles. The first-order valence-electron chi connectivity index (χ1n) is 9.18. The number of benzene rings is 1. The molecule has 0 aliphatic carbocycles. The van der Waals surface area contributed by atoms with Crippen LogP contribution >= 0.6 is 0 Å². The number of aromatic nitrogens is 1. The minimum Gasteiger partial charge on any atom is -0.445 e. The average Bonchev–Trinajstić information content (AvgIpc) is 2.67. The third-order valence-electron chi connectivity index (χ3n) is 4.03. The van der Waals surface area contributed by atoms with E-state index in [0.717, 1.165) is 17.5 Å². The summed E-state index contributed by atoms with van der Waals surface area (Å²) in [5.41, 5.74) is 1.80. The molecule has 6 nitrogen and oxygen atoms in total. The van der Waals surface area contributed by atoms with Gasteiger partial charge < -0.3 is 15.4 Å². The Bertz CT molecular complexity index is 705. The minimum absolute atomic E-state index is 0.126. The maximum Gasteiger partial charge on any atom is 0.408 e. The van der Waals surface area contributed by atoms with E-state index >= 15 is 0 Å². The van der Waals surface area contributed by atoms with Crippen molar-refractivity contribution in [1.82, 2.24) is 15.6 Å². The van der Waals surface area contributed by atoms with Crippen molar-refractivity contribution in [3.63, 3.8) is 0 Å². The maximum atomic E-state index is 12.5. The zero-order valence-electron chi connectivity index (χ0n) is 15.9. The van der Waals surface area contributed by atoms with Crippen LogP contribution in [0.4, 0.5) is 4.79 Å². The van der Waals surface area contributed by atoms with Gasteiger partial charge in [-0.25, -0.2) is 4.79 Å². The van der Waals surface area contributed by atoms with E-state index in [1.165, 1.54) is 0 Å². The molecule has 2 rings (SSSR count). The third kappa shape index (κ3) is 7.90. The van der Waals surface area contributed by atoms with Gasteiger partial charge in [0.25, 0.3) is 0 Å². The van der Waals surface area contributed by atoms with E-state index in [4.69, 9.17) is 4.74 Å². The van der Waals surface area contributed by atoms with Crippen LogP contribution in [-0.4, -0.2) is 29.6 Å². The number of pyridine rings is 1. The van der Waals surface area contributed by atoms with Crippen LogP contribution in [0.1, 0.15) is 31.4 Å². The van der Waals surface area contributed by atoms with Gasteiger partial charge in [-0.15, -0.1) is 0 Å². The molecule has 0 spiro atoms. The highest BCUT2D eigenvalue weighted by Crippen LogP contribution is 2.05. The molecular weight excluding hydrogens is 342 g/mol. The Kier molecular flexibility index (Phi) is 8.29. The first kappa shape index (κ1) is 20.4. The summed E-state index contributed by atoms with van der Waals surface area (Å²) >= 11 is 0. The number of rotatable bonds is 9. The summed E-state index contributed by atoms with van der Waals surface area (Å²) < 4.78 is 5.23. The molecule has 144 valence electrons. The molecule has 0 unspecified atom stereocenters. The largest absolute Gasteiger partial charge is 0.445 e. The maximum absolute atomic E-state index is 12.5. The van der Waals surface area contributed by atoms with E-state index in [1.807, 2.05) is 30.3 Å². The Morgan fingerprint density at radius 3 is 2.41 bits per heavy atom. The lowest BCUT2D eigenvalue weighted by molar-refractivity contribution is -0.123. The van der Waals surface area contributed by atoms with E-state index in [9.17, 15) is 9.59 Å². The van der Waals surface area contributed by atoms with Crippen LogP contribution in [0, 0.1) is 5.92 Å². The number of nitrogens with zero attached hydrogens (tertiary/aromatic N) is 1. The quantitative estimate of drug-likeness (QED) is 0.712. The minimum atomic E-state index is -0.690. The first-order valence-corrected chi connectivity index (χ1v) is 9.18. The van der Waals surface area contributed by atoms with E-state index in [0.29, 0.717) is 18.9 Å². The molecule has 2 N–H and O–H groups in total. The van der Waals surface area contributed by atoms with Crippen LogP contribution < -0.4 is 10.6 Å². The molecule has 0 aliphatic rings. The molecule has 6 heteroatoms. The van der Waals surface area contributed by atoms with Crippen LogP contribution in [0.15, 0.2) is 54.9 Å². The van der Waals surface area contributed by atoms with Gasteiger partial charge in [-0.1, -0.05) is 44.2 Å². The number of hydrogen-bond donors (Lipinski definition) is 2. The molecule has 2 amide bonds. The number of amides is 2. The summed E-state index contributed by atoms with van der Waals surface area (Å²) in [6.45, 7) is 4.90. The molecule has 0 saturated heterocycles. The Morgan fingerprint density at radius 2 is 1.74 bits per heavy atom. The van der Waals surface area contributed by atoms with E-state index in [1.54, 1.807) is 24.5 Å². The van der Waals surface area contributed by atoms with Crippen LogP contribution in [0.25, 0.3) is 0 Å². The van der Waals surface area contributed by atoms with Crippen molar-refractivity contribution in [1.29, 1.82) is 0 Å². The van der Waals surface area contributed by atoms with Gasteiger partial charge in [0.1, 0.15) is 12.6 Å². The Morgan fingerprint density at radius 1 is 1.04 bits per heavy atom. The van der Waals surface area contributed by atoms with Crippen molar-refractivity contribution in [3.05, 3.63) is 66.0 Å². The summed E-state index contributed by atoms with van der Waals surface area (Å²) in [6, 6.07) is 12.4. The summed E-state index contributed by atoms with van der Waals surface area (Å²) in [4.78, 5) is 28.6. The Hall–Kier alpha value is -2.89. The van der Waals surface area contributed by atoms with Gasteiger partial charge in [-0.2, -0.15) is 0 Å². The molecule has 0 fully saturated rings. The normalized spacial score (nSPS) is 11.7. The van der Waals surface area contributed by atoms with Crippen molar-refractivity contribution >= 4 is 12.0 Å². The SMILES string of the molecule is CC(C)CCNC(=O)[C@H](Cc1ccccc1)NC(=O)OCc1ccncc1. The molecule has 0 aliphatic heterocycles. The second kappa shape index (κ2) is 11.0. The van der Waals surface area contributed by atoms with Gasteiger partial charge in [0.2, 0.25) is 5.91 Å². The molecule has 1 aromatic heterocycles. The number of carbonyl (C=O) groups excluding carboxylic acids is 2. The topological polar surface area (TPSA) is 80.3 Å². The Labute approximate surface area is 160 Å². The first-order chi connectivity index (χ1) is 13.0. The van der Waals surface area contributed by atoms with Gasteiger partial charge in [0.05, 0.1) is 0 Å². The van der Waals surface area contributed by atoms with Gasteiger partial charge in [0, 0.05) is 25.4 Å². The number of hydrogen-bond acceptors (Lipinski definition) is 4. The fraction of sp³-hybridized carbons (Fsp3) is 0.381. The molecular formula is C21H27N3O3. The van der Waals surface area contributed by atoms with Gasteiger partial charge in [0.15, 0.2) is 0 Å². The zero-order valence-corrected chi connectivity index (χ0v) is 15.9. The summed E-state index contributed by atoms with van der Waals surface area (Å²) in [7, 11) is 0. The van der Waals surface area contributed by atoms with Crippen LogP contribution in [-0.2, 0) is 22.6 Å². The summed E-state index contributed by atoms with van der Waals surface area (Å²) in [5.74, 6) is 0.288. The third-order valence-corrected chi connectivity index (χ3v) is 4.03. The average molecular weight is 369 g/mol. The van der Waals surface area contributed by atoms with Crippen molar-refractivity contribution in [3.8, 4) is 0 Å². The zero-order chi connectivity index (χ0) is 19.5. The molecule has 1 atom stereocenters. The van der Waals surface area contributed by atoms with Gasteiger partial charge in [-0.05, 0) is 35.6 Å². The van der Waals surface area contributed by atoms with Crippen LogP contribution in [0.3, 0.4) is 0 Å². The monoisotopic (exact) mass is 369 g/mol. The van der Waals surface area contributed by atoms with Crippen molar-refractivity contribution in [2.45, 2.75) is 39.3 Å². The fourth-order valence-electron chi connectivity index (χ4n) is 2.48. The molecule has 27 heavy (non-hydrogen) atoms. The second-order valence-corrected chi connectivity index (χ2v) is 6.79. The van der Waals surface area contributed by atoms with Gasteiger partial charge >= 0.3 is 6.09 Å². The Balaban J connectivity index is 1.93. The standard InChI is InChI=1S/C21H27N3O3/c1-16(2)8-13-23-20(25)19(14-17-6-4-3-5-7-17)24-21(26)27-15-18-9-11-22-12-10-18/h3-7,9-12,16,19H,8,13-15H2,1-2H3,(H,23,25)(H,24,26)/t19-/m0/s1. The number of nitrogens with one attached hydrogen (secondary N) is 2. The van der Waals surface area contributed by atoms with Gasteiger partial charge in [-0.3, -0.25) is 9.78 Å². The molecule has 2 aromatic rings. The summed E-state index contributed by atoms with van der Waals surface area (Å²) in [6.07, 6.45) is 3.94. The lowest BCUT2D eigenvalue weighted by Crippen LogP contribution is -2.48. The molecule has 0 radical (unpaired) electrons. The lowest BCUT2D eigenvalue weighted by Gasteiger charge is -2.19. The smallest absolute Gasteiger partial charge is 0.408 e. The predicted octanol–water partition coefficient (Wildman–Crippen LogP) is 3.08. The van der Waals surface area contributed by atoms with Crippen LogP contribution in [0.5, 0.6) is 0 Å². The highest BCUT2D eigenvalue weighted by atomic mass is 16.5. The predicted molar refractivity (Wildman–Crippen MR) is 104 cm³/mol. The van der Waals surface area contributed by atoms with E-state index < -0.39 is 12.1 Å². The highest BCUT2D eigenvalue weighted by molar-refractivity contribution is 5.85. The number of ether oxygens (including phenoxy) is 1. The summed E-state index contributed by atoms with van der Waals surface area (Å²) in [5, 5.41) is 5.58. The van der Waals surface area contributed by atoms with Crippen molar-refractivity contribution < 1.29 is 14.3 Å². The van der Waals surface area contributed by atoms with Crippen LogP contribution in [0.2, 0.25) is 0 Å². The number of alkyl carbamates (subject to hydrolysis) is 1. The highest BCUT2D eigenvalue weighted by Gasteiger charge is 2.21. The van der Waals surface area contributed by atoms with Crippen molar-refractivity contribution in [2.75, 3.05) is 6.54 Å². The van der Waals surface area contributed by atoms with E-state index in [2.05, 4.69) is 29.5 Å². The fourth-order valence-corrected chi connectivity index (χ4v) is 2.48. The second-order valence-electron chi connectivity index (χ2n) is 6.79. The van der Waals surface area contributed by atoms with Crippen molar-refractivity contribution in [2.24, 2.45) is 5.92 Å². The lowest BCUT2D eigenvalue weighted by atomic mass is 10.1.